The number of aromatic nitrogens is 2. The monoisotopic (exact) mass is 347 g/mol. The van der Waals surface area contributed by atoms with Crippen molar-refractivity contribution in [3.8, 4) is 0 Å². The maximum absolute atomic E-state index is 12.8. The van der Waals surface area contributed by atoms with Gasteiger partial charge in [-0.3, -0.25) is 14.5 Å². The van der Waals surface area contributed by atoms with Crippen LogP contribution in [0.1, 0.15) is 39.0 Å². The molecule has 0 bridgehead atoms. The van der Waals surface area contributed by atoms with Crippen molar-refractivity contribution in [1.29, 1.82) is 0 Å². The lowest BCUT2D eigenvalue weighted by atomic mass is 9.73. The summed E-state index contributed by atoms with van der Waals surface area (Å²) < 4.78 is 1.93. The van der Waals surface area contributed by atoms with Gasteiger partial charge in [0.1, 0.15) is 12.1 Å². The smallest absolute Gasteiger partial charge is 0.325 e. The van der Waals surface area contributed by atoms with Crippen molar-refractivity contribution in [3.63, 3.8) is 0 Å². The lowest BCUT2D eigenvalue weighted by Crippen LogP contribution is -2.54. The normalized spacial score (nSPS) is 26.1. The van der Waals surface area contributed by atoms with Gasteiger partial charge in [0, 0.05) is 25.5 Å². The summed E-state index contributed by atoms with van der Waals surface area (Å²) >= 11 is 0. The Kier molecular flexibility index (Phi) is 5.06. The van der Waals surface area contributed by atoms with Crippen LogP contribution in [0.5, 0.6) is 0 Å². The Bertz CT molecular complexity index is 645. The average Bonchev–Trinajstić information content (AvgIpc) is 3.18. The van der Waals surface area contributed by atoms with Gasteiger partial charge in [0.25, 0.3) is 5.91 Å². The molecule has 2 N–H and O–H groups in total. The van der Waals surface area contributed by atoms with Crippen molar-refractivity contribution in [2.24, 2.45) is 5.92 Å². The van der Waals surface area contributed by atoms with E-state index in [9.17, 15) is 14.4 Å². The molecule has 1 spiro atoms. The summed E-state index contributed by atoms with van der Waals surface area (Å²) in [6, 6.07) is -0.452. The number of nitrogens with zero attached hydrogens (tertiary/aromatic N) is 3. The van der Waals surface area contributed by atoms with Gasteiger partial charge in [0.05, 0.1) is 6.33 Å². The SMILES string of the molecule is CC1CCCCC12NC(=O)N(CC(=O)NCCCn1ccnc1)C2=O. The van der Waals surface area contributed by atoms with Crippen LogP contribution in [-0.2, 0) is 16.1 Å². The predicted octanol–water partition coefficient (Wildman–Crippen LogP) is 0.890. The lowest BCUT2D eigenvalue weighted by molar-refractivity contribution is -0.137. The molecule has 1 saturated heterocycles. The second-order valence-corrected chi connectivity index (χ2v) is 6.94. The molecule has 0 radical (unpaired) electrons. The van der Waals surface area contributed by atoms with Gasteiger partial charge in [-0.05, 0) is 25.2 Å². The molecule has 1 aliphatic carbocycles. The number of amides is 4. The van der Waals surface area contributed by atoms with E-state index in [1.165, 1.54) is 0 Å². The number of rotatable bonds is 6. The maximum atomic E-state index is 12.8. The van der Waals surface area contributed by atoms with E-state index < -0.39 is 11.6 Å². The summed E-state index contributed by atoms with van der Waals surface area (Å²) in [4.78, 5) is 42.1. The third kappa shape index (κ3) is 3.52. The highest BCUT2D eigenvalue weighted by Gasteiger charge is 2.55. The Balaban J connectivity index is 1.49. The highest BCUT2D eigenvalue weighted by atomic mass is 16.2. The third-order valence-corrected chi connectivity index (χ3v) is 5.28. The summed E-state index contributed by atoms with van der Waals surface area (Å²) in [5.74, 6) is -0.464. The molecule has 2 heterocycles. The Hall–Kier alpha value is -2.38. The first-order valence-corrected chi connectivity index (χ1v) is 8.89. The number of imide groups is 1. The quantitative estimate of drug-likeness (QED) is 0.590. The number of carbonyl (C=O) groups excluding carboxylic acids is 3. The molecule has 2 aliphatic rings. The van der Waals surface area contributed by atoms with Crippen LogP contribution in [0, 0.1) is 5.92 Å². The van der Waals surface area contributed by atoms with Crippen LogP contribution in [-0.4, -0.2) is 50.9 Å². The zero-order valence-electron chi connectivity index (χ0n) is 14.5. The van der Waals surface area contributed by atoms with Gasteiger partial charge in [-0.15, -0.1) is 0 Å². The minimum absolute atomic E-state index is 0.0981. The highest BCUT2D eigenvalue weighted by molar-refractivity contribution is 6.09. The van der Waals surface area contributed by atoms with Crippen molar-refractivity contribution in [2.45, 2.75) is 51.1 Å². The lowest BCUT2D eigenvalue weighted by Gasteiger charge is -2.36. The Morgan fingerprint density at radius 3 is 3.00 bits per heavy atom. The fourth-order valence-corrected chi connectivity index (χ4v) is 3.75. The average molecular weight is 347 g/mol. The van der Waals surface area contributed by atoms with Gasteiger partial charge < -0.3 is 15.2 Å². The van der Waals surface area contributed by atoms with Gasteiger partial charge in [0.2, 0.25) is 5.91 Å². The molecular weight excluding hydrogens is 322 g/mol. The Labute approximate surface area is 147 Å². The minimum Gasteiger partial charge on any atom is -0.354 e. The summed E-state index contributed by atoms with van der Waals surface area (Å²) in [6.45, 7) is 3.02. The summed E-state index contributed by atoms with van der Waals surface area (Å²) in [7, 11) is 0. The van der Waals surface area contributed by atoms with E-state index in [-0.39, 0.29) is 24.3 Å². The second-order valence-electron chi connectivity index (χ2n) is 6.94. The molecule has 1 aromatic rings. The van der Waals surface area contributed by atoms with Crippen LogP contribution in [0.2, 0.25) is 0 Å². The number of hydrogen-bond donors (Lipinski definition) is 2. The summed E-state index contributed by atoms with van der Waals surface area (Å²) in [5, 5.41) is 5.63. The van der Waals surface area contributed by atoms with Crippen molar-refractivity contribution in [1.82, 2.24) is 25.1 Å². The van der Waals surface area contributed by atoms with Crippen LogP contribution in [0.25, 0.3) is 0 Å². The van der Waals surface area contributed by atoms with Crippen LogP contribution < -0.4 is 10.6 Å². The number of nitrogens with one attached hydrogen (secondary N) is 2. The number of aryl methyl sites for hydroxylation is 1. The van der Waals surface area contributed by atoms with Crippen LogP contribution in [0.15, 0.2) is 18.7 Å². The Morgan fingerprint density at radius 2 is 2.28 bits per heavy atom. The number of imidazole rings is 1. The van der Waals surface area contributed by atoms with Crippen molar-refractivity contribution in [2.75, 3.05) is 13.1 Å². The molecule has 136 valence electrons. The van der Waals surface area contributed by atoms with Crippen molar-refractivity contribution < 1.29 is 14.4 Å². The van der Waals surface area contributed by atoms with E-state index in [2.05, 4.69) is 15.6 Å². The van der Waals surface area contributed by atoms with E-state index in [0.29, 0.717) is 13.0 Å². The first-order chi connectivity index (χ1) is 12.0. The van der Waals surface area contributed by atoms with Crippen LogP contribution >= 0.6 is 0 Å². The molecule has 0 aromatic carbocycles. The Morgan fingerprint density at radius 1 is 1.44 bits per heavy atom. The van der Waals surface area contributed by atoms with Gasteiger partial charge in [-0.2, -0.15) is 0 Å². The topological polar surface area (TPSA) is 96.3 Å². The molecular formula is C17H25N5O3. The first-order valence-electron chi connectivity index (χ1n) is 8.89. The molecule has 2 fully saturated rings. The minimum atomic E-state index is -0.808. The number of hydrogen-bond acceptors (Lipinski definition) is 4. The molecule has 2 unspecified atom stereocenters. The summed E-state index contributed by atoms with van der Waals surface area (Å²) in [6.07, 6.45) is 9.61. The first kappa shape index (κ1) is 17.4. The molecule has 3 rings (SSSR count). The van der Waals surface area contributed by atoms with E-state index in [1.54, 1.807) is 12.5 Å². The van der Waals surface area contributed by atoms with Gasteiger partial charge in [-0.1, -0.05) is 19.8 Å². The molecule has 1 aliphatic heterocycles. The number of urea groups is 1. The van der Waals surface area contributed by atoms with E-state index in [4.69, 9.17) is 0 Å². The second kappa shape index (κ2) is 7.25. The fraction of sp³-hybridized carbons (Fsp3) is 0.647. The maximum Gasteiger partial charge on any atom is 0.325 e. The standard InChI is InChI=1S/C17H25N5O3/c1-13-5-2-3-6-17(13)15(24)22(16(25)20-17)11-14(23)19-7-4-9-21-10-8-18-12-21/h8,10,12-13H,2-7,9,11H2,1H3,(H,19,23)(H,20,25). The molecule has 4 amide bonds. The highest BCUT2D eigenvalue weighted by Crippen LogP contribution is 2.38. The van der Waals surface area contributed by atoms with E-state index in [0.717, 1.165) is 37.1 Å². The van der Waals surface area contributed by atoms with E-state index >= 15 is 0 Å². The van der Waals surface area contributed by atoms with Gasteiger partial charge in [0.15, 0.2) is 0 Å². The van der Waals surface area contributed by atoms with Crippen molar-refractivity contribution in [3.05, 3.63) is 18.7 Å². The largest absolute Gasteiger partial charge is 0.354 e. The van der Waals surface area contributed by atoms with Crippen LogP contribution in [0.4, 0.5) is 4.79 Å². The van der Waals surface area contributed by atoms with Gasteiger partial charge >= 0.3 is 6.03 Å². The molecule has 2 atom stereocenters. The van der Waals surface area contributed by atoms with Gasteiger partial charge in [-0.25, -0.2) is 9.78 Å². The van der Waals surface area contributed by atoms with Crippen molar-refractivity contribution >= 4 is 17.8 Å². The van der Waals surface area contributed by atoms with E-state index in [1.807, 2.05) is 17.7 Å². The molecule has 1 aromatic heterocycles. The summed E-state index contributed by atoms with van der Waals surface area (Å²) in [5.41, 5.74) is -0.808. The zero-order chi connectivity index (χ0) is 17.9. The molecule has 8 nitrogen and oxygen atoms in total. The molecule has 8 heteroatoms. The molecule has 25 heavy (non-hydrogen) atoms. The van der Waals surface area contributed by atoms with Crippen LogP contribution in [0.3, 0.4) is 0 Å². The third-order valence-electron chi connectivity index (χ3n) is 5.28. The zero-order valence-corrected chi connectivity index (χ0v) is 14.5. The fourth-order valence-electron chi connectivity index (χ4n) is 3.75. The molecule has 1 saturated carbocycles. The predicted molar refractivity (Wildman–Crippen MR) is 90.5 cm³/mol. The number of carbonyl (C=O) groups is 3.